The standard InChI is InChI=1S/C49H40N2/c1-49(2)44-25-10-9-24-42(44)43-31-40(26-27-45(43)49)38-21-12-19-36(29-38)35-18-11-20-37(28-35)39-22-13-23-41(30-39)48-50-46(33-14-5-3-6-15-33)32-47(51-48)34-16-7-4-8-17-34/h3-9,11-18,20-24,26-32,36H,10,19,25H2,1-2H3. The highest BCUT2D eigenvalue weighted by molar-refractivity contribution is 5.89. The van der Waals surface area contributed by atoms with Crippen LogP contribution in [-0.4, -0.2) is 9.97 Å². The predicted molar refractivity (Wildman–Crippen MR) is 213 cm³/mol. The van der Waals surface area contributed by atoms with Gasteiger partial charge in [0.2, 0.25) is 0 Å². The fraction of sp³-hybridized carbons (Fsp3) is 0.143. The molecule has 0 amide bonds. The first kappa shape index (κ1) is 31.1. The summed E-state index contributed by atoms with van der Waals surface area (Å²) in [6.07, 6.45) is 15.1. The van der Waals surface area contributed by atoms with Gasteiger partial charge in [0.25, 0.3) is 0 Å². The summed E-state index contributed by atoms with van der Waals surface area (Å²) in [6, 6.07) is 47.7. The predicted octanol–water partition coefficient (Wildman–Crippen LogP) is 12.7. The van der Waals surface area contributed by atoms with Gasteiger partial charge < -0.3 is 0 Å². The van der Waals surface area contributed by atoms with Gasteiger partial charge in [0.15, 0.2) is 5.82 Å². The van der Waals surface area contributed by atoms with Crippen molar-refractivity contribution >= 4 is 11.1 Å². The summed E-state index contributed by atoms with van der Waals surface area (Å²) in [6.45, 7) is 4.78. The monoisotopic (exact) mass is 656 g/mol. The molecule has 0 bridgehead atoms. The molecule has 0 fully saturated rings. The zero-order chi connectivity index (χ0) is 34.4. The maximum absolute atomic E-state index is 5.08. The Bertz CT molecular complexity index is 2350. The Labute approximate surface area is 301 Å². The Hall–Kier alpha value is -5.86. The van der Waals surface area contributed by atoms with E-state index < -0.39 is 0 Å². The van der Waals surface area contributed by atoms with E-state index in [1.54, 1.807) is 5.57 Å². The van der Waals surface area contributed by atoms with Gasteiger partial charge in [0.1, 0.15) is 0 Å². The van der Waals surface area contributed by atoms with Gasteiger partial charge in [-0.05, 0) is 82.0 Å². The molecule has 1 heterocycles. The molecule has 2 nitrogen and oxygen atoms in total. The second-order valence-electron chi connectivity index (χ2n) is 14.5. The maximum Gasteiger partial charge on any atom is 0.160 e. The lowest BCUT2D eigenvalue weighted by molar-refractivity contribution is 0.607. The summed E-state index contributed by atoms with van der Waals surface area (Å²) in [5.74, 6) is 1.03. The largest absolute Gasteiger partial charge is 0.228 e. The second kappa shape index (κ2) is 12.8. The maximum atomic E-state index is 5.08. The van der Waals surface area contributed by atoms with Crippen molar-refractivity contribution in [1.29, 1.82) is 0 Å². The minimum atomic E-state index is 0.103. The van der Waals surface area contributed by atoms with Gasteiger partial charge in [-0.3, -0.25) is 0 Å². The van der Waals surface area contributed by atoms with Crippen molar-refractivity contribution in [2.75, 3.05) is 0 Å². The van der Waals surface area contributed by atoms with Gasteiger partial charge in [0.05, 0.1) is 11.4 Å². The molecule has 246 valence electrons. The number of benzene rings is 5. The van der Waals surface area contributed by atoms with Crippen LogP contribution >= 0.6 is 0 Å². The Morgan fingerprint density at radius 1 is 0.569 bits per heavy atom. The number of fused-ring (bicyclic) bond motifs is 2. The summed E-state index contributed by atoms with van der Waals surface area (Å²) < 4.78 is 0. The Morgan fingerprint density at radius 2 is 1.24 bits per heavy atom. The van der Waals surface area contributed by atoms with Crippen molar-refractivity contribution in [2.45, 2.75) is 44.4 Å². The molecule has 2 heteroatoms. The van der Waals surface area contributed by atoms with Crippen LogP contribution in [0.2, 0.25) is 0 Å². The second-order valence-corrected chi connectivity index (χ2v) is 14.5. The van der Waals surface area contributed by atoms with Crippen LogP contribution in [0.25, 0.3) is 56.2 Å². The van der Waals surface area contributed by atoms with Gasteiger partial charge in [-0.1, -0.05) is 165 Å². The number of nitrogens with zero attached hydrogens (tertiary/aromatic N) is 2. The van der Waals surface area contributed by atoms with E-state index in [0.717, 1.165) is 58.7 Å². The third-order valence-electron chi connectivity index (χ3n) is 10.9. The molecule has 0 saturated carbocycles. The summed E-state index contributed by atoms with van der Waals surface area (Å²) in [5, 5.41) is 0. The van der Waals surface area contributed by atoms with Crippen LogP contribution in [0.4, 0.5) is 0 Å². The van der Waals surface area contributed by atoms with Crippen molar-refractivity contribution in [1.82, 2.24) is 9.97 Å². The van der Waals surface area contributed by atoms with E-state index >= 15 is 0 Å². The first-order valence-corrected chi connectivity index (χ1v) is 18.2. The highest BCUT2D eigenvalue weighted by Crippen LogP contribution is 2.50. The van der Waals surface area contributed by atoms with E-state index in [9.17, 15) is 0 Å². The van der Waals surface area contributed by atoms with Crippen LogP contribution in [0.15, 0.2) is 169 Å². The molecule has 6 aromatic rings. The van der Waals surface area contributed by atoms with E-state index in [1.807, 2.05) is 12.1 Å². The van der Waals surface area contributed by atoms with Crippen LogP contribution in [0, 0.1) is 0 Å². The SMILES string of the molecule is CC1(C)C2=C(C=CCC2)c2cc(C3=CC(c4cccc(-c5cccc(-c6nc(-c7ccccc7)cc(-c7ccccc7)n6)c5)c4)CC=C3)ccc21. The third kappa shape index (κ3) is 5.81. The van der Waals surface area contributed by atoms with Gasteiger partial charge >= 0.3 is 0 Å². The molecular formula is C49H40N2. The number of hydrogen-bond donors (Lipinski definition) is 0. The quantitative estimate of drug-likeness (QED) is 0.178. The molecule has 0 spiro atoms. The summed E-state index contributed by atoms with van der Waals surface area (Å²) in [7, 11) is 0. The summed E-state index contributed by atoms with van der Waals surface area (Å²) in [5.41, 5.74) is 17.3. The van der Waals surface area contributed by atoms with Crippen LogP contribution in [-0.2, 0) is 5.41 Å². The van der Waals surface area contributed by atoms with Crippen molar-refractivity contribution in [2.24, 2.45) is 0 Å². The molecule has 3 aliphatic rings. The molecule has 1 unspecified atom stereocenters. The van der Waals surface area contributed by atoms with Crippen LogP contribution in [0.3, 0.4) is 0 Å². The minimum absolute atomic E-state index is 0.103. The van der Waals surface area contributed by atoms with Crippen LogP contribution in [0.1, 0.15) is 61.3 Å². The topological polar surface area (TPSA) is 25.8 Å². The van der Waals surface area contributed by atoms with E-state index in [1.165, 1.54) is 39.0 Å². The fourth-order valence-corrected chi connectivity index (χ4v) is 8.20. The smallest absolute Gasteiger partial charge is 0.160 e. The number of rotatable bonds is 6. The van der Waals surface area contributed by atoms with Gasteiger partial charge in [-0.25, -0.2) is 9.97 Å². The minimum Gasteiger partial charge on any atom is -0.228 e. The number of allylic oxidation sites excluding steroid dienone is 8. The average molecular weight is 657 g/mol. The van der Waals surface area contributed by atoms with E-state index in [0.29, 0.717) is 5.92 Å². The van der Waals surface area contributed by atoms with Crippen molar-refractivity contribution in [3.63, 3.8) is 0 Å². The lowest BCUT2D eigenvalue weighted by atomic mass is 9.78. The molecule has 1 aromatic heterocycles. The van der Waals surface area contributed by atoms with E-state index in [2.05, 4.69) is 166 Å². The first-order valence-electron chi connectivity index (χ1n) is 18.2. The molecule has 3 aliphatic carbocycles. The molecule has 1 atom stereocenters. The first-order chi connectivity index (χ1) is 25.0. The third-order valence-corrected chi connectivity index (χ3v) is 10.9. The Morgan fingerprint density at radius 3 is 1.98 bits per heavy atom. The fourth-order valence-electron chi connectivity index (χ4n) is 8.20. The van der Waals surface area contributed by atoms with Crippen LogP contribution in [0.5, 0.6) is 0 Å². The van der Waals surface area contributed by atoms with Crippen molar-refractivity contribution < 1.29 is 0 Å². The molecule has 0 saturated heterocycles. The zero-order valence-electron chi connectivity index (χ0n) is 29.2. The molecule has 5 aromatic carbocycles. The highest BCUT2D eigenvalue weighted by atomic mass is 14.9. The Balaban J connectivity index is 1.04. The molecule has 51 heavy (non-hydrogen) atoms. The molecular weight excluding hydrogens is 617 g/mol. The Kier molecular flexibility index (Phi) is 7.81. The average Bonchev–Trinajstić information content (AvgIpc) is 3.44. The van der Waals surface area contributed by atoms with Gasteiger partial charge in [-0.2, -0.15) is 0 Å². The summed E-state index contributed by atoms with van der Waals surface area (Å²) >= 11 is 0. The lowest BCUT2D eigenvalue weighted by Crippen LogP contribution is -2.17. The molecule has 0 N–H and O–H groups in total. The van der Waals surface area contributed by atoms with Crippen molar-refractivity contribution in [3.8, 4) is 45.0 Å². The molecule has 0 radical (unpaired) electrons. The van der Waals surface area contributed by atoms with Crippen molar-refractivity contribution in [3.05, 3.63) is 192 Å². The zero-order valence-corrected chi connectivity index (χ0v) is 29.2. The molecule has 9 rings (SSSR count). The molecule has 0 aliphatic heterocycles. The van der Waals surface area contributed by atoms with Gasteiger partial charge in [-0.15, -0.1) is 0 Å². The summed E-state index contributed by atoms with van der Waals surface area (Å²) in [4.78, 5) is 10.2. The van der Waals surface area contributed by atoms with E-state index in [4.69, 9.17) is 9.97 Å². The lowest BCUT2D eigenvalue weighted by Gasteiger charge is -2.25. The normalized spacial score (nSPS) is 17.2. The number of hydrogen-bond acceptors (Lipinski definition) is 2. The van der Waals surface area contributed by atoms with E-state index in [-0.39, 0.29) is 5.41 Å². The number of aromatic nitrogens is 2. The highest BCUT2D eigenvalue weighted by Gasteiger charge is 2.37. The van der Waals surface area contributed by atoms with Gasteiger partial charge in [0, 0.05) is 28.0 Å². The van der Waals surface area contributed by atoms with Crippen LogP contribution < -0.4 is 0 Å².